The molecule has 1 aromatic rings. The lowest BCUT2D eigenvalue weighted by Gasteiger charge is -2.34. The highest BCUT2D eigenvalue weighted by atomic mass is 16.3. The van der Waals surface area contributed by atoms with Gasteiger partial charge in [-0.05, 0) is 31.0 Å². The van der Waals surface area contributed by atoms with Crippen LogP contribution in [0.2, 0.25) is 0 Å². The lowest BCUT2D eigenvalue weighted by atomic mass is 10.0. The summed E-state index contributed by atoms with van der Waals surface area (Å²) in [6, 6.07) is 11.8. The highest BCUT2D eigenvalue weighted by Gasteiger charge is 2.18. The highest BCUT2D eigenvalue weighted by molar-refractivity contribution is 5.46. The average Bonchev–Trinajstić information content (AvgIpc) is 2.38. The molecule has 16 heavy (non-hydrogen) atoms. The standard InChI is InChI=1S/C13H19N2O/c16-11-8-14-12-6-9-15(10-7-12)13-4-2-1-3-5-13/h2-5,12,14,16H,6-11H2. The molecular weight excluding hydrogens is 200 g/mol. The molecule has 3 nitrogen and oxygen atoms in total. The molecule has 0 aromatic heterocycles. The molecule has 1 saturated heterocycles. The first-order chi connectivity index (χ1) is 7.90. The second kappa shape index (κ2) is 5.87. The second-order valence-corrected chi connectivity index (χ2v) is 4.20. The normalized spacial score (nSPS) is 17.7. The van der Waals surface area contributed by atoms with Gasteiger partial charge in [0.2, 0.25) is 0 Å². The van der Waals surface area contributed by atoms with E-state index < -0.39 is 0 Å². The van der Waals surface area contributed by atoms with Crippen LogP contribution in [0.3, 0.4) is 0 Å². The van der Waals surface area contributed by atoms with E-state index >= 15 is 0 Å². The maximum Gasteiger partial charge on any atom is 0.0556 e. The van der Waals surface area contributed by atoms with Gasteiger partial charge in [0.1, 0.15) is 0 Å². The molecule has 3 heteroatoms. The van der Waals surface area contributed by atoms with Crippen LogP contribution in [0.1, 0.15) is 12.8 Å². The van der Waals surface area contributed by atoms with Gasteiger partial charge in [-0.15, -0.1) is 0 Å². The lowest BCUT2D eigenvalue weighted by molar-refractivity contribution is 0.277. The molecule has 0 bridgehead atoms. The van der Waals surface area contributed by atoms with Crippen LogP contribution in [0.25, 0.3) is 0 Å². The third-order valence-electron chi connectivity index (χ3n) is 3.11. The van der Waals surface area contributed by atoms with E-state index in [4.69, 9.17) is 5.11 Å². The Morgan fingerprint density at radius 2 is 2.00 bits per heavy atom. The van der Waals surface area contributed by atoms with Crippen molar-refractivity contribution in [1.29, 1.82) is 0 Å². The number of benzene rings is 1. The van der Waals surface area contributed by atoms with Gasteiger partial charge in [-0.1, -0.05) is 12.1 Å². The van der Waals surface area contributed by atoms with Gasteiger partial charge < -0.3 is 15.3 Å². The zero-order chi connectivity index (χ0) is 11.2. The Morgan fingerprint density at radius 1 is 1.31 bits per heavy atom. The number of aliphatic hydroxyl groups is 1. The van der Waals surface area contributed by atoms with Crippen LogP contribution in [0.5, 0.6) is 0 Å². The van der Waals surface area contributed by atoms with E-state index in [1.165, 1.54) is 5.69 Å². The number of piperidine rings is 1. The van der Waals surface area contributed by atoms with E-state index in [0.29, 0.717) is 12.6 Å². The van der Waals surface area contributed by atoms with E-state index in [1.54, 1.807) is 0 Å². The van der Waals surface area contributed by atoms with Gasteiger partial charge in [-0.25, -0.2) is 0 Å². The minimum Gasteiger partial charge on any atom is -0.395 e. The van der Waals surface area contributed by atoms with Gasteiger partial charge in [0.05, 0.1) is 6.61 Å². The monoisotopic (exact) mass is 219 g/mol. The third-order valence-corrected chi connectivity index (χ3v) is 3.11. The van der Waals surface area contributed by atoms with Crippen LogP contribution in [0.4, 0.5) is 5.69 Å². The Kier molecular flexibility index (Phi) is 4.19. The number of nitrogens with zero attached hydrogens (tertiary/aromatic N) is 1. The van der Waals surface area contributed by atoms with Crippen molar-refractivity contribution in [2.24, 2.45) is 0 Å². The summed E-state index contributed by atoms with van der Waals surface area (Å²) >= 11 is 0. The first-order valence-electron chi connectivity index (χ1n) is 5.95. The van der Waals surface area contributed by atoms with Crippen molar-refractivity contribution in [3.63, 3.8) is 0 Å². The van der Waals surface area contributed by atoms with Crippen LogP contribution in [0.15, 0.2) is 24.3 Å². The van der Waals surface area contributed by atoms with Crippen LogP contribution in [-0.4, -0.2) is 37.4 Å². The number of nitrogens with one attached hydrogen (secondary N) is 1. The quantitative estimate of drug-likeness (QED) is 0.794. The smallest absolute Gasteiger partial charge is 0.0556 e. The van der Waals surface area contributed by atoms with Crippen LogP contribution < -0.4 is 10.2 Å². The molecule has 1 fully saturated rings. The lowest BCUT2D eigenvalue weighted by Crippen LogP contribution is -2.43. The first-order valence-corrected chi connectivity index (χ1v) is 5.95. The van der Waals surface area contributed by atoms with Gasteiger partial charge in [0.25, 0.3) is 0 Å². The maximum atomic E-state index is 8.75. The fourth-order valence-electron chi connectivity index (χ4n) is 2.20. The fourth-order valence-corrected chi connectivity index (χ4v) is 2.20. The zero-order valence-corrected chi connectivity index (χ0v) is 9.52. The van der Waals surface area contributed by atoms with Crippen molar-refractivity contribution in [1.82, 2.24) is 5.32 Å². The Labute approximate surface area is 97.1 Å². The van der Waals surface area contributed by atoms with Gasteiger partial charge >= 0.3 is 0 Å². The van der Waals surface area contributed by atoms with E-state index in [1.807, 2.05) is 12.1 Å². The molecule has 87 valence electrons. The Hall–Kier alpha value is -1.06. The third kappa shape index (κ3) is 2.97. The Bertz CT molecular complexity index is 294. The average molecular weight is 219 g/mol. The summed E-state index contributed by atoms with van der Waals surface area (Å²) in [6.07, 6.45) is 2.30. The molecule has 2 N–H and O–H groups in total. The van der Waals surface area contributed by atoms with Crippen molar-refractivity contribution in [2.45, 2.75) is 18.9 Å². The number of aliphatic hydroxyl groups excluding tert-OH is 1. The van der Waals surface area contributed by atoms with E-state index in [9.17, 15) is 0 Å². The summed E-state index contributed by atoms with van der Waals surface area (Å²) in [5.41, 5.74) is 1.29. The summed E-state index contributed by atoms with van der Waals surface area (Å²) in [5.74, 6) is 0. The second-order valence-electron chi connectivity index (χ2n) is 4.20. The summed E-state index contributed by atoms with van der Waals surface area (Å²) < 4.78 is 0. The minimum atomic E-state index is 0.231. The molecule has 1 aliphatic rings. The van der Waals surface area contributed by atoms with Gasteiger partial charge in [0.15, 0.2) is 0 Å². The molecule has 1 radical (unpaired) electrons. The molecule has 0 unspecified atom stereocenters. The minimum absolute atomic E-state index is 0.231. The topological polar surface area (TPSA) is 35.5 Å². The number of anilines is 1. The molecule has 1 aromatic carbocycles. The molecule has 2 rings (SSSR count). The van der Waals surface area contributed by atoms with Crippen molar-refractivity contribution in [2.75, 3.05) is 31.1 Å². The predicted molar refractivity (Wildman–Crippen MR) is 65.6 cm³/mol. The van der Waals surface area contributed by atoms with E-state index in [2.05, 4.69) is 28.4 Å². The van der Waals surface area contributed by atoms with Gasteiger partial charge in [0, 0.05) is 31.4 Å². The van der Waals surface area contributed by atoms with Crippen LogP contribution in [0, 0.1) is 6.07 Å². The fraction of sp³-hybridized carbons (Fsp3) is 0.538. The molecular formula is C13H19N2O. The maximum absolute atomic E-state index is 8.75. The summed E-state index contributed by atoms with van der Waals surface area (Å²) in [5, 5.41) is 12.1. The molecule has 0 saturated carbocycles. The van der Waals surface area contributed by atoms with Gasteiger partial charge in [-0.2, -0.15) is 0 Å². The SMILES string of the molecule is OCCNC1CCN(c2cc[c]cc2)CC1. The van der Waals surface area contributed by atoms with Gasteiger partial charge in [-0.3, -0.25) is 0 Å². The van der Waals surface area contributed by atoms with Crippen molar-refractivity contribution in [3.05, 3.63) is 30.3 Å². The van der Waals surface area contributed by atoms with Crippen molar-refractivity contribution < 1.29 is 5.11 Å². The van der Waals surface area contributed by atoms with Crippen LogP contribution in [-0.2, 0) is 0 Å². The number of hydrogen-bond acceptors (Lipinski definition) is 3. The van der Waals surface area contributed by atoms with E-state index in [-0.39, 0.29) is 6.61 Å². The molecule has 0 atom stereocenters. The summed E-state index contributed by atoms with van der Waals surface area (Å²) in [4.78, 5) is 2.41. The largest absolute Gasteiger partial charge is 0.395 e. The first kappa shape index (κ1) is 11.4. The molecule has 0 aliphatic carbocycles. The summed E-state index contributed by atoms with van der Waals surface area (Å²) in [7, 11) is 0. The molecule has 1 aliphatic heterocycles. The number of rotatable bonds is 4. The molecule has 1 heterocycles. The highest BCUT2D eigenvalue weighted by Crippen LogP contribution is 2.18. The molecule has 0 amide bonds. The summed E-state index contributed by atoms with van der Waals surface area (Å²) in [6.45, 7) is 3.12. The molecule has 0 spiro atoms. The predicted octanol–water partition coefficient (Wildman–Crippen LogP) is 1.04. The van der Waals surface area contributed by atoms with Crippen molar-refractivity contribution in [3.8, 4) is 0 Å². The Morgan fingerprint density at radius 3 is 2.62 bits per heavy atom. The van der Waals surface area contributed by atoms with Crippen LogP contribution >= 0.6 is 0 Å². The van der Waals surface area contributed by atoms with Crippen molar-refractivity contribution >= 4 is 5.69 Å². The zero-order valence-electron chi connectivity index (χ0n) is 9.52. The number of hydrogen-bond donors (Lipinski definition) is 2. The van der Waals surface area contributed by atoms with E-state index in [0.717, 1.165) is 25.9 Å². The Balaban J connectivity index is 1.81.